The van der Waals surface area contributed by atoms with Crippen molar-refractivity contribution in [1.82, 2.24) is 0 Å². The number of benzene rings is 1. The molecule has 5 heteroatoms. The fraction of sp³-hybridized carbons (Fsp3) is 0.300. The van der Waals surface area contributed by atoms with Crippen molar-refractivity contribution < 1.29 is 15.0 Å². The Hall–Kier alpha value is -1.07. The molecule has 82 valence electrons. The van der Waals surface area contributed by atoms with Crippen LogP contribution in [0.4, 0.5) is 0 Å². The summed E-state index contributed by atoms with van der Waals surface area (Å²) in [5, 5.41) is 18.0. The summed E-state index contributed by atoms with van der Waals surface area (Å²) in [5.74, 6) is -1.08. The molecular formula is C10H12BrNO3. The predicted molar refractivity (Wildman–Crippen MR) is 59.9 cm³/mol. The van der Waals surface area contributed by atoms with E-state index < -0.39 is 5.97 Å². The van der Waals surface area contributed by atoms with Gasteiger partial charge < -0.3 is 15.9 Å². The lowest BCUT2D eigenvalue weighted by molar-refractivity contribution is -0.137. The molecule has 0 fully saturated rings. The molecule has 0 aliphatic rings. The number of nitrogens with two attached hydrogens (primary N) is 1. The van der Waals surface area contributed by atoms with E-state index >= 15 is 0 Å². The van der Waals surface area contributed by atoms with Gasteiger partial charge in [0, 0.05) is 10.4 Å². The standard InChI is InChI=1S/C10H12BrNO3/c11-9-2-1-7(13)4-8(9)6(5-12)3-10(14)15/h1-2,4,6,13H,3,5,12H2,(H,14,15). The Morgan fingerprint density at radius 2 is 2.20 bits per heavy atom. The molecule has 15 heavy (non-hydrogen) atoms. The number of carbonyl (C=O) groups is 1. The summed E-state index contributed by atoms with van der Waals surface area (Å²) in [6.07, 6.45) is -0.0431. The minimum Gasteiger partial charge on any atom is -0.508 e. The highest BCUT2D eigenvalue weighted by atomic mass is 79.9. The van der Waals surface area contributed by atoms with Crippen molar-refractivity contribution in [1.29, 1.82) is 0 Å². The van der Waals surface area contributed by atoms with Crippen LogP contribution in [0.25, 0.3) is 0 Å². The van der Waals surface area contributed by atoms with Crippen LogP contribution < -0.4 is 5.73 Å². The van der Waals surface area contributed by atoms with Gasteiger partial charge in [-0.3, -0.25) is 4.79 Å². The molecule has 0 aliphatic carbocycles. The Morgan fingerprint density at radius 3 is 2.73 bits per heavy atom. The Kier molecular flexibility index (Phi) is 4.11. The van der Waals surface area contributed by atoms with Gasteiger partial charge in [-0.1, -0.05) is 15.9 Å². The number of aliphatic carboxylic acids is 1. The van der Waals surface area contributed by atoms with Gasteiger partial charge in [-0.25, -0.2) is 0 Å². The summed E-state index contributed by atoms with van der Waals surface area (Å²) in [6, 6.07) is 4.74. The molecule has 0 spiro atoms. The van der Waals surface area contributed by atoms with Gasteiger partial charge in [0.2, 0.25) is 0 Å². The van der Waals surface area contributed by atoms with Gasteiger partial charge in [0.15, 0.2) is 0 Å². The minimum atomic E-state index is -0.902. The number of halogens is 1. The molecule has 1 aromatic rings. The van der Waals surface area contributed by atoms with E-state index in [1.165, 1.54) is 12.1 Å². The van der Waals surface area contributed by atoms with Gasteiger partial charge in [0.1, 0.15) is 5.75 Å². The zero-order chi connectivity index (χ0) is 11.4. The third-order valence-electron chi connectivity index (χ3n) is 2.12. The Bertz CT molecular complexity index is 368. The Labute approximate surface area is 95.8 Å². The third-order valence-corrected chi connectivity index (χ3v) is 2.85. The van der Waals surface area contributed by atoms with Gasteiger partial charge in [-0.05, 0) is 30.3 Å². The predicted octanol–water partition coefficient (Wildman–Crippen LogP) is 1.67. The van der Waals surface area contributed by atoms with Gasteiger partial charge in [0.25, 0.3) is 0 Å². The Morgan fingerprint density at radius 1 is 1.53 bits per heavy atom. The van der Waals surface area contributed by atoms with Crippen LogP contribution in [0.15, 0.2) is 22.7 Å². The first-order valence-electron chi connectivity index (χ1n) is 4.45. The van der Waals surface area contributed by atoms with E-state index in [-0.39, 0.29) is 24.6 Å². The molecule has 1 rings (SSSR count). The lowest BCUT2D eigenvalue weighted by atomic mass is 9.96. The molecule has 0 saturated heterocycles. The summed E-state index contributed by atoms with van der Waals surface area (Å²) < 4.78 is 0.761. The van der Waals surface area contributed by atoms with Crippen molar-refractivity contribution in [2.45, 2.75) is 12.3 Å². The topological polar surface area (TPSA) is 83.6 Å². The molecule has 4 nitrogen and oxygen atoms in total. The fourth-order valence-corrected chi connectivity index (χ4v) is 1.95. The Balaban J connectivity index is 3.00. The highest BCUT2D eigenvalue weighted by molar-refractivity contribution is 9.10. The van der Waals surface area contributed by atoms with Crippen LogP contribution in [0, 0.1) is 0 Å². The monoisotopic (exact) mass is 273 g/mol. The molecule has 0 bridgehead atoms. The molecule has 1 atom stereocenters. The number of aromatic hydroxyl groups is 1. The largest absolute Gasteiger partial charge is 0.508 e. The van der Waals surface area contributed by atoms with Crippen LogP contribution in [0.5, 0.6) is 5.75 Å². The van der Waals surface area contributed by atoms with Crippen molar-refractivity contribution in [3.8, 4) is 5.75 Å². The minimum absolute atomic E-state index is 0.0431. The summed E-state index contributed by atoms with van der Waals surface area (Å²) in [5.41, 5.74) is 6.23. The van der Waals surface area contributed by atoms with Crippen molar-refractivity contribution in [2.24, 2.45) is 5.73 Å². The molecular weight excluding hydrogens is 262 g/mol. The smallest absolute Gasteiger partial charge is 0.304 e. The average Bonchev–Trinajstić information content (AvgIpc) is 2.18. The van der Waals surface area contributed by atoms with E-state index in [9.17, 15) is 9.90 Å². The maximum absolute atomic E-state index is 10.6. The van der Waals surface area contributed by atoms with Crippen molar-refractivity contribution >= 4 is 21.9 Å². The fourth-order valence-electron chi connectivity index (χ4n) is 1.38. The van der Waals surface area contributed by atoms with E-state index in [1.807, 2.05) is 0 Å². The SMILES string of the molecule is NCC(CC(=O)O)c1cc(O)ccc1Br. The number of phenols is 1. The van der Waals surface area contributed by atoms with Crippen LogP contribution in [0.3, 0.4) is 0 Å². The highest BCUT2D eigenvalue weighted by Crippen LogP contribution is 2.29. The average molecular weight is 274 g/mol. The number of carboxylic acid groups (broad SMARTS) is 1. The summed E-state index contributed by atoms with van der Waals surface area (Å²) in [6.45, 7) is 0.231. The molecule has 0 heterocycles. The molecule has 0 aliphatic heterocycles. The summed E-state index contributed by atoms with van der Waals surface area (Å²) >= 11 is 3.30. The molecule has 0 aromatic heterocycles. The molecule has 0 saturated carbocycles. The zero-order valence-electron chi connectivity index (χ0n) is 7.98. The second kappa shape index (κ2) is 5.14. The maximum Gasteiger partial charge on any atom is 0.304 e. The lowest BCUT2D eigenvalue weighted by Gasteiger charge is -2.14. The van der Waals surface area contributed by atoms with E-state index in [2.05, 4.69) is 15.9 Å². The maximum atomic E-state index is 10.6. The van der Waals surface area contributed by atoms with Crippen LogP contribution in [0.2, 0.25) is 0 Å². The molecule has 4 N–H and O–H groups in total. The summed E-state index contributed by atoms with van der Waals surface area (Å²) in [7, 11) is 0. The number of phenolic OH excluding ortho intramolecular Hbond substituents is 1. The first kappa shape index (κ1) is 12.0. The van der Waals surface area contributed by atoms with Crippen LogP contribution in [0.1, 0.15) is 17.9 Å². The van der Waals surface area contributed by atoms with E-state index in [0.717, 1.165) is 10.0 Å². The number of hydrogen-bond donors (Lipinski definition) is 3. The summed E-state index contributed by atoms with van der Waals surface area (Å²) in [4.78, 5) is 10.6. The second-order valence-electron chi connectivity index (χ2n) is 3.24. The second-order valence-corrected chi connectivity index (χ2v) is 4.09. The lowest BCUT2D eigenvalue weighted by Crippen LogP contribution is -2.16. The van der Waals surface area contributed by atoms with Gasteiger partial charge in [-0.15, -0.1) is 0 Å². The molecule has 0 radical (unpaired) electrons. The quantitative estimate of drug-likeness (QED) is 0.779. The molecule has 0 amide bonds. The van der Waals surface area contributed by atoms with Gasteiger partial charge >= 0.3 is 5.97 Å². The first-order chi connectivity index (χ1) is 7.04. The van der Waals surface area contributed by atoms with Gasteiger partial charge in [0.05, 0.1) is 6.42 Å². The van der Waals surface area contributed by atoms with Crippen LogP contribution in [-0.2, 0) is 4.79 Å². The van der Waals surface area contributed by atoms with Crippen molar-refractivity contribution in [3.05, 3.63) is 28.2 Å². The van der Waals surface area contributed by atoms with Crippen LogP contribution in [-0.4, -0.2) is 22.7 Å². The number of carboxylic acids is 1. The number of rotatable bonds is 4. The van der Waals surface area contributed by atoms with E-state index in [4.69, 9.17) is 10.8 Å². The first-order valence-corrected chi connectivity index (χ1v) is 5.24. The third kappa shape index (κ3) is 3.21. The number of hydrogen-bond acceptors (Lipinski definition) is 3. The van der Waals surface area contributed by atoms with E-state index in [0.29, 0.717) is 0 Å². The van der Waals surface area contributed by atoms with E-state index in [1.54, 1.807) is 6.07 Å². The zero-order valence-corrected chi connectivity index (χ0v) is 9.57. The normalized spacial score (nSPS) is 12.4. The van der Waals surface area contributed by atoms with Gasteiger partial charge in [-0.2, -0.15) is 0 Å². The molecule has 1 unspecified atom stereocenters. The van der Waals surface area contributed by atoms with Crippen molar-refractivity contribution in [2.75, 3.05) is 6.54 Å². The van der Waals surface area contributed by atoms with Crippen molar-refractivity contribution in [3.63, 3.8) is 0 Å². The van der Waals surface area contributed by atoms with Crippen LogP contribution >= 0.6 is 15.9 Å². The highest BCUT2D eigenvalue weighted by Gasteiger charge is 2.16. The molecule has 1 aromatic carbocycles.